The third-order valence-electron chi connectivity index (χ3n) is 8.52. The van der Waals surface area contributed by atoms with Gasteiger partial charge in [0.05, 0.1) is 23.0 Å². The molecule has 2 aliphatic carbocycles. The van der Waals surface area contributed by atoms with Crippen LogP contribution < -0.4 is 0 Å². The van der Waals surface area contributed by atoms with Crippen LogP contribution in [0.4, 0.5) is 0 Å². The van der Waals surface area contributed by atoms with Crippen LogP contribution in [-0.4, -0.2) is 82.8 Å². The quantitative estimate of drug-likeness (QED) is 0.366. The van der Waals surface area contributed by atoms with Crippen molar-refractivity contribution in [1.82, 2.24) is 0 Å². The van der Waals surface area contributed by atoms with E-state index in [1.54, 1.807) is 13.8 Å². The van der Waals surface area contributed by atoms with Gasteiger partial charge in [-0.1, -0.05) is 0 Å². The standard InChI is InChI=1S/C28H36O13/c1-14(29)36-13-27-22(39-17(4)32)20(37-15(2)30)11-26(7,34)28(27)10-19(25(5,6)41-28)21(38-16(3)31)23(27)40-24(33)18-8-9-35-12-18/h8-9,12,19-23,34H,10-11,13H2,1-7H3/t19-,20-,21+,22-,23+,26-,27-,28-/m1/s1. The summed E-state index contributed by atoms with van der Waals surface area (Å²) in [5, 5.41) is 12.2. The summed E-state index contributed by atoms with van der Waals surface area (Å²) in [6.07, 6.45) is -3.36. The molecule has 1 aromatic rings. The van der Waals surface area contributed by atoms with Crippen molar-refractivity contribution in [2.75, 3.05) is 6.61 Å². The second kappa shape index (κ2) is 10.4. The van der Waals surface area contributed by atoms with E-state index >= 15 is 0 Å². The molecule has 226 valence electrons. The van der Waals surface area contributed by atoms with Crippen molar-refractivity contribution >= 4 is 29.8 Å². The van der Waals surface area contributed by atoms with E-state index in [0.717, 1.165) is 27.0 Å². The Morgan fingerprint density at radius 3 is 2.05 bits per heavy atom. The van der Waals surface area contributed by atoms with Crippen molar-refractivity contribution in [3.8, 4) is 0 Å². The Labute approximate surface area is 236 Å². The van der Waals surface area contributed by atoms with Crippen molar-refractivity contribution < 1.29 is 61.9 Å². The van der Waals surface area contributed by atoms with Gasteiger partial charge in [0.25, 0.3) is 0 Å². The zero-order chi connectivity index (χ0) is 30.5. The van der Waals surface area contributed by atoms with Crippen LogP contribution in [-0.2, 0) is 47.6 Å². The highest BCUT2D eigenvalue weighted by Crippen LogP contribution is 2.68. The van der Waals surface area contributed by atoms with E-state index in [2.05, 4.69) is 0 Å². The van der Waals surface area contributed by atoms with Gasteiger partial charge in [-0.15, -0.1) is 0 Å². The van der Waals surface area contributed by atoms with Gasteiger partial charge in [0, 0.05) is 40.0 Å². The molecule has 41 heavy (non-hydrogen) atoms. The lowest BCUT2D eigenvalue weighted by molar-refractivity contribution is -0.343. The average Bonchev–Trinajstić information content (AvgIpc) is 3.45. The van der Waals surface area contributed by atoms with Gasteiger partial charge in [0.2, 0.25) is 0 Å². The molecule has 0 radical (unpaired) electrons. The molecule has 0 unspecified atom stereocenters. The van der Waals surface area contributed by atoms with E-state index in [-0.39, 0.29) is 18.4 Å². The number of hydrogen-bond donors (Lipinski definition) is 1. The Balaban J connectivity index is 2.07. The molecule has 2 bridgehead atoms. The second-order valence-electron chi connectivity index (χ2n) is 11.7. The highest BCUT2D eigenvalue weighted by atomic mass is 16.6. The molecular weight excluding hydrogens is 544 g/mol. The van der Waals surface area contributed by atoms with Gasteiger partial charge in [0.15, 0.2) is 12.2 Å². The summed E-state index contributed by atoms with van der Waals surface area (Å²) in [5.41, 5.74) is -6.59. The maximum Gasteiger partial charge on any atom is 0.341 e. The monoisotopic (exact) mass is 580 g/mol. The van der Waals surface area contributed by atoms with Gasteiger partial charge in [-0.2, -0.15) is 0 Å². The molecule has 0 aromatic carbocycles. The van der Waals surface area contributed by atoms with Gasteiger partial charge >= 0.3 is 29.8 Å². The molecule has 3 aliphatic rings. The largest absolute Gasteiger partial charge is 0.472 e. The SMILES string of the molecule is CC(=O)OC[C@]12[C@H](OC(C)=O)[C@H](OC(C)=O)C[C@@](C)(O)[C@]13C[C@H]([C@H](OC(C)=O)[C@@H]2OC(=O)c1ccoc1)C(C)(C)O3. The van der Waals surface area contributed by atoms with E-state index in [1.165, 1.54) is 26.2 Å². The summed E-state index contributed by atoms with van der Waals surface area (Å²) < 4.78 is 40.6. The number of carbonyl (C=O) groups excluding carboxylic acids is 5. The summed E-state index contributed by atoms with van der Waals surface area (Å²) in [5.74, 6) is -4.53. The molecule has 8 atom stereocenters. The first kappa shape index (κ1) is 30.5. The summed E-state index contributed by atoms with van der Waals surface area (Å²) in [7, 11) is 0. The van der Waals surface area contributed by atoms with Crippen LogP contribution in [0.3, 0.4) is 0 Å². The number of esters is 5. The molecule has 13 nitrogen and oxygen atoms in total. The Bertz CT molecular complexity index is 1220. The third kappa shape index (κ3) is 4.99. The maximum absolute atomic E-state index is 13.5. The Morgan fingerprint density at radius 1 is 0.878 bits per heavy atom. The number of rotatable bonds is 7. The van der Waals surface area contributed by atoms with E-state index < -0.39 is 89.0 Å². The van der Waals surface area contributed by atoms with E-state index in [9.17, 15) is 29.1 Å². The molecule has 0 amide bonds. The van der Waals surface area contributed by atoms with Crippen LogP contribution in [0.15, 0.2) is 23.0 Å². The molecule has 4 rings (SSSR count). The molecule has 2 heterocycles. The van der Waals surface area contributed by atoms with Gasteiger partial charge in [-0.05, 0) is 33.3 Å². The summed E-state index contributed by atoms with van der Waals surface area (Å²) in [6, 6.07) is 1.36. The van der Waals surface area contributed by atoms with Crippen LogP contribution in [0.2, 0.25) is 0 Å². The third-order valence-corrected chi connectivity index (χ3v) is 8.52. The zero-order valence-corrected chi connectivity index (χ0v) is 24.1. The molecule has 1 aromatic heterocycles. The zero-order valence-electron chi connectivity index (χ0n) is 24.1. The lowest BCUT2D eigenvalue weighted by atomic mass is 9.47. The predicted octanol–water partition coefficient (Wildman–Crippen LogP) is 1.87. The van der Waals surface area contributed by atoms with Crippen LogP contribution in [0.1, 0.15) is 71.7 Å². The minimum atomic E-state index is -1.95. The van der Waals surface area contributed by atoms with Crippen LogP contribution >= 0.6 is 0 Å². The Hall–Kier alpha value is -3.45. The van der Waals surface area contributed by atoms with Crippen molar-refractivity contribution in [2.24, 2.45) is 11.3 Å². The van der Waals surface area contributed by atoms with Crippen molar-refractivity contribution in [3.05, 3.63) is 24.2 Å². The van der Waals surface area contributed by atoms with Gasteiger partial charge in [0.1, 0.15) is 36.1 Å². The van der Waals surface area contributed by atoms with E-state index in [0.29, 0.717) is 0 Å². The number of ether oxygens (including phenoxy) is 6. The average molecular weight is 581 g/mol. The lowest BCUT2D eigenvalue weighted by Crippen LogP contribution is -2.81. The first-order chi connectivity index (χ1) is 19.0. The normalized spacial score (nSPS) is 36.8. The van der Waals surface area contributed by atoms with Crippen LogP contribution in [0.5, 0.6) is 0 Å². The van der Waals surface area contributed by atoms with E-state index in [4.69, 9.17) is 32.8 Å². The van der Waals surface area contributed by atoms with Gasteiger partial charge in [-0.3, -0.25) is 19.2 Å². The topological polar surface area (TPSA) is 174 Å². The number of furan rings is 1. The van der Waals surface area contributed by atoms with Crippen LogP contribution in [0.25, 0.3) is 0 Å². The fourth-order valence-corrected chi connectivity index (χ4v) is 7.12. The predicted molar refractivity (Wildman–Crippen MR) is 135 cm³/mol. The van der Waals surface area contributed by atoms with Gasteiger partial charge < -0.3 is 37.9 Å². The van der Waals surface area contributed by atoms with Crippen molar-refractivity contribution in [3.63, 3.8) is 0 Å². The smallest absolute Gasteiger partial charge is 0.341 e. The van der Waals surface area contributed by atoms with Gasteiger partial charge in [-0.25, -0.2) is 4.79 Å². The van der Waals surface area contributed by atoms with E-state index in [1.807, 2.05) is 0 Å². The molecule has 2 saturated carbocycles. The Morgan fingerprint density at radius 2 is 1.51 bits per heavy atom. The fraction of sp³-hybridized carbons (Fsp3) is 0.679. The minimum Gasteiger partial charge on any atom is -0.472 e. The molecule has 1 spiro atoms. The van der Waals surface area contributed by atoms with Crippen molar-refractivity contribution in [1.29, 1.82) is 0 Å². The molecule has 1 aliphatic heterocycles. The number of aliphatic hydroxyl groups is 1. The van der Waals surface area contributed by atoms with Crippen molar-refractivity contribution in [2.45, 2.75) is 103 Å². The molecule has 13 heteroatoms. The molecule has 3 fully saturated rings. The molecule has 1 N–H and O–H groups in total. The fourth-order valence-electron chi connectivity index (χ4n) is 7.12. The van der Waals surface area contributed by atoms with Crippen LogP contribution in [0, 0.1) is 11.3 Å². The first-order valence-electron chi connectivity index (χ1n) is 13.3. The lowest BCUT2D eigenvalue weighted by Gasteiger charge is -2.65. The Kier molecular flexibility index (Phi) is 7.76. The first-order valence-corrected chi connectivity index (χ1v) is 13.3. The summed E-state index contributed by atoms with van der Waals surface area (Å²) >= 11 is 0. The maximum atomic E-state index is 13.5. The molecular formula is C28H36O13. The minimum absolute atomic E-state index is 0.0181. The molecule has 1 saturated heterocycles. The second-order valence-corrected chi connectivity index (χ2v) is 11.7. The summed E-state index contributed by atoms with van der Waals surface area (Å²) in [4.78, 5) is 63.1. The highest BCUT2D eigenvalue weighted by molar-refractivity contribution is 5.89. The highest BCUT2D eigenvalue weighted by Gasteiger charge is 2.84. The number of hydrogen-bond acceptors (Lipinski definition) is 13. The summed E-state index contributed by atoms with van der Waals surface area (Å²) in [6.45, 7) is 8.91. The number of fused-ring (bicyclic) bond motifs is 1. The number of carbonyl (C=O) groups is 5.